The van der Waals surface area contributed by atoms with Crippen LogP contribution in [0.3, 0.4) is 0 Å². The highest BCUT2D eigenvalue weighted by atomic mass is 16.2. The van der Waals surface area contributed by atoms with Gasteiger partial charge in [-0.3, -0.25) is 4.79 Å². The minimum Gasteiger partial charge on any atom is -0.342 e. The Hall–Kier alpha value is -0.570. The van der Waals surface area contributed by atoms with Crippen LogP contribution in [0.4, 0.5) is 0 Å². The van der Waals surface area contributed by atoms with E-state index in [0.29, 0.717) is 18.4 Å². The Morgan fingerprint density at radius 1 is 1.20 bits per heavy atom. The third-order valence-electron chi connectivity index (χ3n) is 4.46. The number of carbonyl (C=O) groups is 1. The summed E-state index contributed by atoms with van der Waals surface area (Å²) in [5.41, 5.74) is 5.84. The first-order chi connectivity index (χ1) is 9.48. The van der Waals surface area contributed by atoms with Gasteiger partial charge in [0.2, 0.25) is 5.91 Å². The molecule has 0 bridgehead atoms. The van der Waals surface area contributed by atoms with E-state index in [4.69, 9.17) is 5.73 Å². The molecule has 0 atom stereocenters. The topological polar surface area (TPSA) is 46.3 Å². The van der Waals surface area contributed by atoms with Gasteiger partial charge in [-0.1, -0.05) is 46.5 Å². The summed E-state index contributed by atoms with van der Waals surface area (Å²) in [6, 6.07) is 0. The van der Waals surface area contributed by atoms with Gasteiger partial charge in [0.25, 0.3) is 0 Å². The standard InChI is InChI=1S/C17H34N2O/c1-4-11-19(14-17(2,3)13-18)16(20)12-15-9-7-5-6-8-10-15/h15H,4-14,18H2,1-3H3. The summed E-state index contributed by atoms with van der Waals surface area (Å²) in [5, 5.41) is 0. The second kappa shape index (κ2) is 8.66. The fraction of sp³-hybridized carbons (Fsp3) is 0.941. The van der Waals surface area contributed by atoms with E-state index in [0.717, 1.165) is 25.9 Å². The molecule has 118 valence electrons. The molecule has 20 heavy (non-hydrogen) atoms. The third-order valence-corrected chi connectivity index (χ3v) is 4.46. The number of carbonyl (C=O) groups excluding carboxylic acids is 1. The van der Waals surface area contributed by atoms with Crippen molar-refractivity contribution in [2.45, 2.75) is 72.1 Å². The average Bonchev–Trinajstić information content (AvgIpc) is 2.66. The molecular weight excluding hydrogens is 248 g/mol. The lowest BCUT2D eigenvalue weighted by Crippen LogP contribution is -2.42. The first kappa shape index (κ1) is 17.5. The zero-order valence-corrected chi connectivity index (χ0v) is 13.8. The molecule has 1 aliphatic rings. The second-order valence-corrected chi connectivity index (χ2v) is 7.25. The van der Waals surface area contributed by atoms with Gasteiger partial charge in [-0.2, -0.15) is 0 Å². The number of nitrogens with zero attached hydrogens (tertiary/aromatic N) is 1. The fourth-order valence-electron chi connectivity index (χ4n) is 3.09. The Kier molecular flexibility index (Phi) is 7.57. The van der Waals surface area contributed by atoms with Crippen molar-refractivity contribution in [2.75, 3.05) is 19.6 Å². The van der Waals surface area contributed by atoms with E-state index in [1.165, 1.54) is 38.5 Å². The van der Waals surface area contributed by atoms with Crippen molar-refractivity contribution in [3.63, 3.8) is 0 Å². The second-order valence-electron chi connectivity index (χ2n) is 7.25. The van der Waals surface area contributed by atoms with E-state index in [2.05, 4.69) is 25.7 Å². The minimum absolute atomic E-state index is 0.0221. The molecule has 3 nitrogen and oxygen atoms in total. The first-order valence-corrected chi connectivity index (χ1v) is 8.46. The number of nitrogens with two attached hydrogens (primary N) is 1. The van der Waals surface area contributed by atoms with Crippen LogP contribution in [0.15, 0.2) is 0 Å². The van der Waals surface area contributed by atoms with Gasteiger partial charge in [0.05, 0.1) is 0 Å². The lowest BCUT2D eigenvalue weighted by molar-refractivity contribution is -0.133. The van der Waals surface area contributed by atoms with E-state index >= 15 is 0 Å². The average molecular weight is 282 g/mol. The van der Waals surface area contributed by atoms with Crippen LogP contribution in [-0.4, -0.2) is 30.4 Å². The summed E-state index contributed by atoms with van der Waals surface area (Å²) in [6.45, 7) is 8.73. The van der Waals surface area contributed by atoms with Crippen LogP contribution in [0, 0.1) is 11.3 Å². The molecule has 0 aromatic heterocycles. The molecule has 0 aromatic rings. The maximum atomic E-state index is 12.6. The van der Waals surface area contributed by atoms with Gasteiger partial charge < -0.3 is 10.6 Å². The highest BCUT2D eigenvalue weighted by Gasteiger charge is 2.25. The summed E-state index contributed by atoms with van der Waals surface area (Å²) in [6.07, 6.45) is 9.57. The molecule has 0 saturated heterocycles. The predicted molar refractivity (Wildman–Crippen MR) is 85.5 cm³/mol. The van der Waals surface area contributed by atoms with Crippen molar-refractivity contribution in [1.82, 2.24) is 4.90 Å². The highest BCUT2D eigenvalue weighted by Crippen LogP contribution is 2.26. The third kappa shape index (κ3) is 6.25. The highest BCUT2D eigenvalue weighted by molar-refractivity contribution is 5.76. The molecule has 2 N–H and O–H groups in total. The van der Waals surface area contributed by atoms with Crippen LogP contribution in [-0.2, 0) is 4.79 Å². The monoisotopic (exact) mass is 282 g/mol. The Morgan fingerprint density at radius 3 is 2.30 bits per heavy atom. The van der Waals surface area contributed by atoms with E-state index < -0.39 is 0 Å². The largest absolute Gasteiger partial charge is 0.342 e. The fourth-order valence-corrected chi connectivity index (χ4v) is 3.09. The molecule has 0 heterocycles. The van der Waals surface area contributed by atoms with Crippen LogP contribution >= 0.6 is 0 Å². The van der Waals surface area contributed by atoms with Gasteiger partial charge in [-0.25, -0.2) is 0 Å². The van der Waals surface area contributed by atoms with Gasteiger partial charge in [0, 0.05) is 19.5 Å². The van der Waals surface area contributed by atoms with Crippen LogP contribution in [0.1, 0.15) is 72.1 Å². The summed E-state index contributed by atoms with van der Waals surface area (Å²) >= 11 is 0. The van der Waals surface area contributed by atoms with E-state index in [1.807, 2.05) is 0 Å². The van der Waals surface area contributed by atoms with E-state index in [1.54, 1.807) is 0 Å². The lowest BCUT2D eigenvalue weighted by Gasteiger charge is -2.32. The van der Waals surface area contributed by atoms with Crippen molar-refractivity contribution in [3.05, 3.63) is 0 Å². The molecule has 1 fully saturated rings. The maximum Gasteiger partial charge on any atom is 0.222 e. The number of hydrogen-bond donors (Lipinski definition) is 1. The zero-order valence-electron chi connectivity index (χ0n) is 13.8. The van der Waals surface area contributed by atoms with Gasteiger partial charge in [-0.15, -0.1) is 0 Å². The van der Waals surface area contributed by atoms with E-state index in [-0.39, 0.29) is 5.41 Å². The van der Waals surface area contributed by atoms with Gasteiger partial charge in [0.15, 0.2) is 0 Å². The van der Waals surface area contributed by atoms with Gasteiger partial charge >= 0.3 is 0 Å². The molecule has 1 aliphatic carbocycles. The minimum atomic E-state index is 0.0221. The van der Waals surface area contributed by atoms with Gasteiger partial charge in [-0.05, 0) is 37.1 Å². The van der Waals surface area contributed by atoms with Crippen LogP contribution in [0.25, 0.3) is 0 Å². The molecule has 0 unspecified atom stereocenters. The molecular formula is C17H34N2O. The Labute approximate surface area is 125 Å². The van der Waals surface area contributed by atoms with Crippen molar-refractivity contribution in [1.29, 1.82) is 0 Å². The molecule has 1 amide bonds. The molecule has 1 saturated carbocycles. The predicted octanol–water partition coefficient (Wildman–Crippen LogP) is 3.57. The SMILES string of the molecule is CCCN(CC(C)(C)CN)C(=O)CC1CCCCCC1. The lowest BCUT2D eigenvalue weighted by atomic mass is 9.91. The summed E-state index contributed by atoms with van der Waals surface area (Å²) in [7, 11) is 0. The number of rotatable bonds is 7. The van der Waals surface area contributed by atoms with Crippen LogP contribution in [0.2, 0.25) is 0 Å². The smallest absolute Gasteiger partial charge is 0.222 e. The first-order valence-electron chi connectivity index (χ1n) is 8.46. The zero-order chi connectivity index (χ0) is 15.0. The van der Waals surface area contributed by atoms with Crippen molar-refractivity contribution in [2.24, 2.45) is 17.1 Å². The Balaban J connectivity index is 2.54. The quantitative estimate of drug-likeness (QED) is 0.726. The normalized spacial score (nSPS) is 17.8. The summed E-state index contributed by atoms with van der Waals surface area (Å²) in [4.78, 5) is 14.6. The molecule has 0 radical (unpaired) electrons. The summed E-state index contributed by atoms with van der Waals surface area (Å²) in [5.74, 6) is 0.964. The van der Waals surface area contributed by atoms with Crippen LogP contribution in [0.5, 0.6) is 0 Å². The van der Waals surface area contributed by atoms with Crippen LogP contribution < -0.4 is 5.73 Å². The van der Waals surface area contributed by atoms with Crippen molar-refractivity contribution in [3.8, 4) is 0 Å². The van der Waals surface area contributed by atoms with Gasteiger partial charge in [0.1, 0.15) is 0 Å². The van der Waals surface area contributed by atoms with Crippen molar-refractivity contribution < 1.29 is 4.79 Å². The molecule has 0 spiro atoms. The Bertz CT molecular complexity index is 281. The molecule has 3 heteroatoms. The molecule has 1 rings (SSSR count). The Morgan fingerprint density at radius 2 is 1.80 bits per heavy atom. The molecule has 0 aromatic carbocycles. The summed E-state index contributed by atoms with van der Waals surface area (Å²) < 4.78 is 0. The van der Waals surface area contributed by atoms with E-state index in [9.17, 15) is 4.79 Å². The maximum absolute atomic E-state index is 12.6. The number of amides is 1. The number of hydrogen-bond acceptors (Lipinski definition) is 2. The molecule has 0 aliphatic heterocycles. The van der Waals surface area contributed by atoms with Crippen molar-refractivity contribution >= 4 is 5.91 Å².